The van der Waals surface area contributed by atoms with Gasteiger partial charge in [-0.1, -0.05) is 53.8 Å². The Kier molecular flexibility index (Phi) is 10.7. The molecule has 2 amide bonds. The third-order valence-corrected chi connectivity index (χ3v) is 9.10. The number of unbranched alkanes of at least 4 members (excludes halogenated alkanes) is 1. The zero-order valence-electron chi connectivity index (χ0n) is 25.1. The molecule has 0 aliphatic carbocycles. The van der Waals surface area contributed by atoms with Crippen molar-refractivity contribution in [2.24, 2.45) is 7.05 Å². The Hall–Kier alpha value is -4.72. The molecule has 46 heavy (non-hydrogen) atoms. The molecule has 2 heterocycles. The molecule has 1 fully saturated rings. The van der Waals surface area contributed by atoms with Crippen LogP contribution >= 0.6 is 23.4 Å². The van der Waals surface area contributed by atoms with Gasteiger partial charge in [0, 0.05) is 47.3 Å². The molecule has 3 aromatic carbocycles. The molecule has 0 spiro atoms. The second-order valence-electron chi connectivity index (χ2n) is 10.9. The van der Waals surface area contributed by atoms with Crippen molar-refractivity contribution in [3.05, 3.63) is 101 Å². The number of nitrogens with one attached hydrogen (secondary N) is 1. The third kappa shape index (κ3) is 8.30. The number of carboxylic acids is 1. The number of aryl methyl sites for hydroxylation is 1. The Morgan fingerprint density at radius 2 is 1.80 bits per heavy atom. The number of carbonyl (C=O) groups is 3. The fraction of sp³-hybridized carbons (Fsp3) is 0.257. The summed E-state index contributed by atoms with van der Waals surface area (Å²) < 4.78 is 1.62. The van der Waals surface area contributed by atoms with Gasteiger partial charge in [-0.15, -0.1) is 11.8 Å². The molecule has 1 unspecified atom stereocenters. The molecule has 3 N–H and O–H groups in total. The van der Waals surface area contributed by atoms with E-state index in [9.17, 15) is 19.5 Å². The van der Waals surface area contributed by atoms with Gasteiger partial charge in [-0.2, -0.15) is 5.10 Å². The third-order valence-electron chi connectivity index (χ3n) is 7.51. The van der Waals surface area contributed by atoms with Crippen LogP contribution in [0, 0.1) is 11.8 Å². The van der Waals surface area contributed by atoms with Gasteiger partial charge < -0.3 is 20.4 Å². The first-order valence-corrected chi connectivity index (χ1v) is 16.2. The van der Waals surface area contributed by atoms with Crippen molar-refractivity contribution in [1.29, 1.82) is 0 Å². The maximum atomic E-state index is 13.5. The number of carbonyl (C=O) groups excluding carboxylic acids is 2. The van der Waals surface area contributed by atoms with E-state index in [0.717, 1.165) is 5.56 Å². The minimum absolute atomic E-state index is 0.0525. The summed E-state index contributed by atoms with van der Waals surface area (Å²) in [6.45, 7) is 0. The van der Waals surface area contributed by atoms with Crippen molar-refractivity contribution < 1.29 is 24.6 Å². The molecule has 1 aliphatic rings. The van der Waals surface area contributed by atoms with E-state index in [1.54, 1.807) is 71.0 Å². The number of rotatable bonds is 10. The average molecular weight is 657 g/mol. The van der Waals surface area contributed by atoms with Crippen LogP contribution in [-0.4, -0.2) is 59.8 Å². The number of thioether (sulfide) groups is 1. The SMILES string of the molecule is Cn1cc(C#Cc2ccc(NC(=O)[C@@H]3CSC(CCCCC(=O)O)N3C(=O)Cc3ccccc3)cc2)c(-c2cc(Cl)ccc2O)n1. The van der Waals surface area contributed by atoms with Gasteiger partial charge in [-0.05, 0) is 67.3 Å². The lowest BCUT2D eigenvalue weighted by atomic mass is 10.1. The maximum absolute atomic E-state index is 13.5. The number of phenols is 1. The first kappa shape index (κ1) is 32.7. The van der Waals surface area contributed by atoms with Gasteiger partial charge in [-0.3, -0.25) is 19.1 Å². The van der Waals surface area contributed by atoms with Crippen LogP contribution in [0.3, 0.4) is 0 Å². The number of phenolic OH excluding ortho intramolecular Hbond substituents is 1. The Morgan fingerprint density at radius 1 is 1.04 bits per heavy atom. The van der Waals surface area contributed by atoms with Crippen LogP contribution in [0.5, 0.6) is 5.75 Å². The van der Waals surface area contributed by atoms with Crippen LogP contribution in [0.4, 0.5) is 5.69 Å². The largest absolute Gasteiger partial charge is 0.507 e. The predicted octanol–water partition coefficient (Wildman–Crippen LogP) is 5.94. The van der Waals surface area contributed by atoms with Crippen LogP contribution in [0.15, 0.2) is 79.0 Å². The summed E-state index contributed by atoms with van der Waals surface area (Å²) in [6, 6.07) is 20.6. The molecule has 0 saturated carbocycles. The number of aromatic nitrogens is 2. The van der Waals surface area contributed by atoms with Crippen molar-refractivity contribution in [3.8, 4) is 28.8 Å². The molecular formula is C35H33ClN4O5S. The van der Waals surface area contributed by atoms with Crippen LogP contribution in [0.1, 0.15) is 42.4 Å². The van der Waals surface area contributed by atoms with Gasteiger partial charge in [0.05, 0.1) is 17.4 Å². The molecule has 2 atom stereocenters. The molecule has 236 valence electrons. The summed E-state index contributed by atoms with van der Waals surface area (Å²) in [7, 11) is 1.77. The lowest BCUT2D eigenvalue weighted by Gasteiger charge is -2.29. The Bertz CT molecular complexity index is 1780. The average Bonchev–Trinajstić information content (AvgIpc) is 3.64. The zero-order valence-corrected chi connectivity index (χ0v) is 26.7. The van der Waals surface area contributed by atoms with Crippen LogP contribution in [0.2, 0.25) is 5.02 Å². The first-order chi connectivity index (χ1) is 22.2. The van der Waals surface area contributed by atoms with Crippen molar-refractivity contribution in [3.63, 3.8) is 0 Å². The molecule has 0 radical (unpaired) electrons. The van der Waals surface area contributed by atoms with E-state index in [1.807, 2.05) is 30.3 Å². The normalized spacial score (nSPS) is 15.7. The topological polar surface area (TPSA) is 125 Å². The number of anilines is 1. The van der Waals surface area contributed by atoms with E-state index in [1.165, 1.54) is 6.07 Å². The minimum Gasteiger partial charge on any atom is -0.507 e. The van der Waals surface area contributed by atoms with E-state index in [-0.39, 0.29) is 35.8 Å². The Labute approximate surface area is 276 Å². The smallest absolute Gasteiger partial charge is 0.303 e. The molecule has 11 heteroatoms. The van der Waals surface area contributed by atoms with Gasteiger partial charge in [-0.25, -0.2) is 0 Å². The lowest BCUT2D eigenvalue weighted by molar-refractivity contribution is -0.138. The summed E-state index contributed by atoms with van der Waals surface area (Å²) in [5.41, 5.74) is 3.77. The number of halogens is 1. The van der Waals surface area contributed by atoms with E-state index in [0.29, 0.717) is 58.1 Å². The number of aromatic hydroxyl groups is 1. The summed E-state index contributed by atoms with van der Waals surface area (Å²) in [5, 5.41) is 27.0. The highest BCUT2D eigenvalue weighted by molar-refractivity contribution is 8.00. The van der Waals surface area contributed by atoms with Gasteiger partial charge in [0.25, 0.3) is 0 Å². The molecule has 9 nitrogen and oxygen atoms in total. The number of hydrogen-bond acceptors (Lipinski definition) is 6. The quantitative estimate of drug-likeness (QED) is 0.142. The van der Waals surface area contributed by atoms with Gasteiger partial charge in [0.15, 0.2) is 0 Å². The summed E-state index contributed by atoms with van der Waals surface area (Å²) in [4.78, 5) is 39.6. The standard InChI is InChI=1S/C35H33ClN4O5S/c1-39-21-25(34(38-39)28-20-26(36)15-18-30(28)41)14-11-23-12-16-27(17-13-23)37-35(45)29-22-46-32(9-5-6-10-33(43)44)40(29)31(42)19-24-7-3-2-4-8-24/h2-4,7-8,12-13,15-18,20-21,29,32,41H,5-6,9-10,19,22H2,1H3,(H,37,45)(H,43,44)/t29-,32?/m0/s1. The number of nitrogens with zero attached hydrogens (tertiary/aromatic N) is 3. The van der Waals surface area contributed by atoms with Crippen molar-refractivity contribution in [2.75, 3.05) is 11.1 Å². The number of benzene rings is 3. The number of aliphatic carboxylic acids is 1. The van der Waals surface area contributed by atoms with Crippen LogP contribution in [-0.2, 0) is 27.9 Å². The van der Waals surface area contributed by atoms with E-state index >= 15 is 0 Å². The highest BCUT2D eigenvalue weighted by Gasteiger charge is 2.41. The van der Waals surface area contributed by atoms with Gasteiger partial charge in [0.1, 0.15) is 17.5 Å². The number of hydrogen-bond donors (Lipinski definition) is 3. The zero-order chi connectivity index (χ0) is 32.6. The highest BCUT2D eigenvalue weighted by atomic mass is 35.5. The fourth-order valence-electron chi connectivity index (χ4n) is 5.26. The van der Waals surface area contributed by atoms with Crippen LogP contribution in [0.25, 0.3) is 11.3 Å². The minimum atomic E-state index is -0.843. The highest BCUT2D eigenvalue weighted by Crippen LogP contribution is 2.35. The number of carboxylic acid groups (broad SMARTS) is 1. The molecule has 0 bridgehead atoms. The Balaban J connectivity index is 1.27. The fourth-order valence-corrected chi connectivity index (χ4v) is 6.91. The summed E-state index contributed by atoms with van der Waals surface area (Å²) in [5.74, 6) is 5.48. The summed E-state index contributed by atoms with van der Waals surface area (Å²) >= 11 is 7.69. The number of amides is 2. The Morgan fingerprint density at radius 3 is 2.54 bits per heavy atom. The van der Waals surface area contributed by atoms with E-state index < -0.39 is 12.0 Å². The second-order valence-corrected chi connectivity index (χ2v) is 12.6. The lowest BCUT2D eigenvalue weighted by Crippen LogP contribution is -2.48. The predicted molar refractivity (Wildman–Crippen MR) is 180 cm³/mol. The van der Waals surface area contributed by atoms with Crippen LogP contribution < -0.4 is 5.32 Å². The monoisotopic (exact) mass is 656 g/mol. The molecule has 1 aliphatic heterocycles. The first-order valence-electron chi connectivity index (χ1n) is 14.8. The van der Waals surface area contributed by atoms with E-state index in [4.69, 9.17) is 16.7 Å². The maximum Gasteiger partial charge on any atom is 0.303 e. The molecule has 5 rings (SSSR count). The molecule has 1 aromatic heterocycles. The molecular weight excluding hydrogens is 624 g/mol. The van der Waals surface area contributed by atoms with Gasteiger partial charge in [0.2, 0.25) is 11.8 Å². The molecule has 1 saturated heterocycles. The second kappa shape index (κ2) is 15.0. The summed E-state index contributed by atoms with van der Waals surface area (Å²) in [6.07, 6.45) is 3.81. The van der Waals surface area contributed by atoms with E-state index in [2.05, 4.69) is 22.3 Å². The van der Waals surface area contributed by atoms with Crippen molar-refractivity contribution in [2.45, 2.75) is 43.5 Å². The van der Waals surface area contributed by atoms with Gasteiger partial charge >= 0.3 is 5.97 Å². The van der Waals surface area contributed by atoms with Crippen molar-refractivity contribution >= 4 is 46.8 Å². The van der Waals surface area contributed by atoms with Crippen molar-refractivity contribution in [1.82, 2.24) is 14.7 Å². The molecule has 4 aromatic rings.